The van der Waals surface area contributed by atoms with Gasteiger partial charge in [-0.3, -0.25) is 9.48 Å². The maximum absolute atomic E-state index is 13.1. The first kappa shape index (κ1) is 15.4. The van der Waals surface area contributed by atoms with E-state index in [1.807, 2.05) is 5.32 Å². The molecule has 1 amide bonds. The van der Waals surface area contributed by atoms with Gasteiger partial charge in [-0.25, -0.2) is 0 Å². The summed E-state index contributed by atoms with van der Waals surface area (Å²) >= 11 is 5.66. The van der Waals surface area contributed by atoms with Gasteiger partial charge in [0, 0.05) is 18.3 Å². The minimum Gasteiger partial charge on any atom is -0.337 e. The highest BCUT2D eigenvalue weighted by molar-refractivity contribution is 6.30. The van der Waals surface area contributed by atoms with Gasteiger partial charge in [-0.15, -0.1) is 0 Å². The standard InChI is InChI=1S/C13H11ClF3N3O/c1-20-7-9(6-18-20)12(21)19-11(13(15,16)17)8-2-4-10(14)5-3-8/h2-7,11H,1H3,(H,19,21). The van der Waals surface area contributed by atoms with E-state index in [4.69, 9.17) is 11.6 Å². The molecule has 21 heavy (non-hydrogen) atoms. The molecule has 0 aliphatic rings. The molecule has 1 heterocycles. The van der Waals surface area contributed by atoms with Gasteiger partial charge in [-0.05, 0) is 17.7 Å². The number of halogens is 4. The van der Waals surface area contributed by atoms with Crippen molar-refractivity contribution in [3.8, 4) is 0 Å². The molecule has 0 aliphatic carbocycles. The molecule has 2 rings (SSSR count). The molecular formula is C13H11ClF3N3O. The van der Waals surface area contributed by atoms with Crippen LogP contribution in [-0.2, 0) is 7.05 Å². The topological polar surface area (TPSA) is 46.9 Å². The number of amides is 1. The monoisotopic (exact) mass is 317 g/mol. The molecule has 8 heteroatoms. The number of nitrogens with one attached hydrogen (secondary N) is 1. The summed E-state index contributed by atoms with van der Waals surface area (Å²) in [6.45, 7) is 0. The lowest BCUT2D eigenvalue weighted by Gasteiger charge is -2.21. The first-order chi connectivity index (χ1) is 9.77. The van der Waals surface area contributed by atoms with Gasteiger partial charge in [0.25, 0.3) is 5.91 Å². The number of carbonyl (C=O) groups excluding carboxylic acids is 1. The number of hydrogen-bond donors (Lipinski definition) is 1. The van der Waals surface area contributed by atoms with Crippen LogP contribution < -0.4 is 5.32 Å². The zero-order valence-electron chi connectivity index (χ0n) is 10.9. The minimum atomic E-state index is -4.62. The van der Waals surface area contributed by atoms with E-state index in [1.165, 1.54) is 41.3 Å². The number of rotatable bonds is 3. The highest BCUT2D eigenvalue weighted by Gasteiger charge is 2.42. The smallest absolute Gasteiger partial charge is 0.337 e. The average molecular weight is 318 g/mol. The van der Waals surface area contributed by atoms with E-state index in [0.29, 0.717) is 5.02 Å². The zero-order valence-corrected chi connectivity index (χ0v) is 11.6. The third-order valence-electron chi connectivity index (χ3n) is 2.77. The van der Waals surface area contributed by atoms with Crippen LogP contribution in [0.25, 0.3) is 0 Å². The van der Waals surface area contributed by atoms with E-state index in [2.05, 4.69) is 5.10 Å². The maximum Gasteiger partial charge on any atom is 0.412 e. The summed E-state index contributed by atoms with van der Waals surface area (Å²) in [5.41, 5.74) is -0.0372. The Morgan fingerprint density at radius 2 is 1.95 bits per heavy atom. The van der Waals surface area contributed by atoms with Crippen molar-refractivity contribution >= 4 is 17.5 Å². The maximum atomic E-state index is 13.1. The van der Waals surface area contributed by atoms with Gasteiger partial charge in [-0.2, -0.15) is 18.3 Å². The molecule has 0 fully saturated rings. The molecule has 112 valence electrons. The lowest BCUT2D eigenvalue weighted by atomic mass is 10.1. The highest BCUT2D eigenvalue weighted by atomic mass is 35.5. The molecule has 0 bridgehead atoms. The quantitative estimate of drug-likeness (QED) is 0.945. The summed E-state index contributed by atoms with van der Waals surface area (Å²) in [6, 6.07) is 3.02. The molecular weight excluding hydrogens is 307 g/mol. The van der Waals surface area contributed by atoms with Crippen molar-refractivity contribution in [3.63, 3.8) is 0 Å². The van der Waals surface area contributed by atoms with Gasteiger partial charge in [0.05, 0.1) is 11.8 Å². The average Bonchev–Trinajstić information content (AvgIpc) is 2.82. The van der Waals surface area contributed by atoms with Crippen LogP contribution in [0.1, 0.15) is 22.0 Å². The summed E-state index contributed by atoms with van der Waals surface area (Å²) in [6.07, 6.45) is -2.08. The van der Waals surface area contributed by atoms with Crippen LogP contribution >= 0.6 is 11.6 Å². The van der Waals surface area contributed by atoms with Gasteiger partial charge in [-0.1, -0.05) is 23.7 Å². The normalized spacial score (nSPS) is 13.0. The number of benzene rings is 1. The lowest BCUT2D eigenvalue weighted by Crippen LogP contribution is -2.38. The zero-order chi connectivity index (χ0) is 15.6. The minimum absolute atomic E-state index is 0.0562. The van der Waals surface area contributed by atoms with Gasteiger partial charge in [0.15, 0.2) is 6.04 Å². The van der Waals surface area contributed by atoms with E-state index < -0.39 is 18.1 Å². The fourth-order valence-electron chi connectivity index (χ4n) is 1.76. The molecule has 2 aromatic rings. The fourth-order valence-corrected chi connectivity index (χ4v) is 1.89. The third-order valence-corrected chi connectivity index (χ3v) is 3.03. The molecule has 0 radical (unpaired) electrons. The van der Waals surface area contributed by atoms with E-state index in [0.717, 1.165) is 0 Å². The largest absolute Gasteiger partial charge is 0.412 e. The first-order valence-corrected chi connectivity index (χ1v) is 6.27. The van der Waals surface area contributed by atoms with Crippen molar-refractivity contribution in [1.29, 1.82) is 0 Å². The summed E-state index contributed by atoms with van der Waals surface area (Å²) in [5.74, 6) is -0.847. The molecule has 1 N–H and O–H groups in total. The van der Waals surface area contributed by atoms with Crippen LogP contribution in [0.3, 0.4) is 0 Å². The second-order valence-electron chi connectivity index (χ2n) is 4.40. The van der Waals surface area contributed by atoms with Gasteiger partial charge >= 0.3 is 6.18 Å². The summed E-state index contributed by atoms with van der Waals surface area (Å²) in [7, 11) is 1.57. The predicted molar refractivity (Wildman–Crippen MR) is 70.9 cm³/mol. The Balaban J connectivity index is 2.25. The van der Waals surface area contributed by atoms with Crippen LogP contribution in [0.2, 0.25) is 5.02 Å². The SMILES string of the molecule is Cn1cc(C(=O)NC(c2ccc(Cl)cc2)C(F)(F)F)cn1. The van der Waals surface area contributed by atoms with Crippen molar-refractivity contribution in [2.75, 3.05) is 0 Å². The van der Waals surface area contributed by atoms with Gasteiger partial charge in [0.2, 0.25) is 0 Å². The van der Waals surface area contributed by atoms with Gasteiger partial charge < -0.3 is 5.32 Å². The Kier molecular flexibility index (Phi) is 4.22. The van der Waals surface area contributed by atoms with Crippen LogP contribution in [0.4, 0.5) is 13.2 Å². The summed E-state index contributed by atoms with van der Waals surface area (Å²) in [5, 5.41) is 6.03. The number of carbonyl (C=O) groups is 1. The molecule has 1 aromatic heterocycles. The van der Waals surface area contributed by atoms with Crippen molar-refractivity contribution in [2.45, 2.75) is 12.2 Å². The van der Waals surface area contributed by atoms with Crippen molar-refractivity contribution in [2.24, 2.45) is 7.05 Å². The second-order valence-corrected chi connectivity index (χ2v) is 4.84. The summed E-state index contributed by atoms with van der Waals surface area (Å²) < 4.78 is 40.7. The van der Waals surface area contributed by atoms with Gasteiger partial charge in [0.1, 0.15) is 0 Å². The van der Waals surface area contributed by atoms with E-state index in [9.17, 15) is 18.0 Å². The Bertz CT molecular complexity index is 637. The Labute approximate surface area is 123 Å². The summed E-state index contributed by atoms with van der Waals surface area (Å²) in [4.78, 5) is 11.9. The molecule has 0 spiro atoms. The molecule has 0 saturated carbocycles. The van der Waals surface area contributed by atoms with E-state index >= 15 is 0 Å². The molecule has 0 saturated heterocycles. The molecule has 1 atom stereocenters. The van der Waals surface area contributed by atoms with E-state index in [1.54, 1.807) is 7.05 Å². The predicted octanol–water partition coefficient (Wildman–Crippen LogP) is 3.11. The lowest BCUT2D eigenvalue weighted by molar-refractivity contribution is -0.155. The Morgan fingerprint density at radius 1 is 1.33 bits per heavy atom. The number of aromatic nitrogens is 2. The van der Waals surface area contributed by atoms with Crippen LogP contribution in [-0.4, -0.2) is 21.9 Å². The number of alkyl halides is 3. The van der Waals surface area contributed by atoms with Crippen LogP contribution in [0, 0.1) is 0 Å². The highest BCUT2D eigenvalue weighted by Crippen LogP contribution is 2.33. The number of aryl methyl sites for hydroxylation is 1. The molecule has 4 nitrogen and oxygen atoms in total. The van der Waals surface area contributed by atoms with Crippen molar-refractivity contribution in [3.05, 3.63) is 52.8 Å². The third kappa shape index (κ3) is 3.75. The fraction of sp³-hybridized carbons (Fsp3) is 0.231. The number of nitrogens with zero attached hydrogens (tertiary/aromatic N) is 2. The van der Waals surface area contributed by atoms with Crippen LogP contribution in [0.5, 0.6) is 0 Å². The first-order valence-electron chi connectivity index (χ1n) is 5.89. The number of hydrogen-bond acceptors (Lipinski definition) is 2. The second kappa shape index (κ2) is 5.77. The molecule has 1 unspecified atom stereocenters. The van der Waals surface area contributed by atoms with E-state index in [-0.39, 0.29) is 11.1 Å². The molecule has 0 aliphatic heterocycles. The van der Waals surface area contributed by atoms with Crippen molar-refractivity contribution in [1.82, 2.24) is 15.1 Å². The van der Waals surface area contributed by atoms with Crippen LogP contribution in [0.15, 0.2) is 36.7 Å². The Morgan fingerprint density at radius 3 is 2.43 bits per heavy atom. The molecule has 1 aromatic carbocycles. The van der Waals surface area contributed by atoms with Crippen molar-refractivity contribution < 1.29 is 18.0 Å². The Hall–Kier alpha value is -2.02.